The molecule has 0 aromatic heterocycles. The Morgan fingerprint density at radius 2 is 2.23 bits per heavy atom. The third-order valence-electron chi connectivity index (χ3n) is 1.62. The van der Waals surface area contributed by atoms with Crippen molar-refractivity contribution in [2.75, 3.05) is 13.6 Å². The maximum atomic E-state index is 10.1. The van der Waals surface area contributed by atoms with Crippen LogP contribution in [0.2, 0.25) is 0 Å². The standard InChI is InChI=1S/C9H14N2O2/c1-4-8(2)9(7-10-3)5-6-11(12)13/h4-5,7H,6H2,1-3H3/b8-4+,9-5+,10-7-. The molecule has 0 saturated heterocycles. The highest BCUT2D eigenvalue weighted by molar-refractivity contribution is 5.84. The number of nitrogens with zero attached hydrogens (tertiary/aromatic N) is 2. The Labute approximate surface area is 77.8 Å². The zero-order chi connectivity index (χ0) is 10.3. The van der Waals surface area contributed by atoms with Crippen LogP contribution < -0.4 is 0 Å². The minimum atomic E-state index is -0.369. The fourth-order valence-corrected chi connectivity index (χ4v) is 0.794. The first-order chi connectivity index (χ1) is 6.11. The molecule has 0 amide bonds. The zero-order valence-corrected chi connectivity index (χ0v) is 8.15. The summed E-state index contributed by atoms with van der Waals surface area (Å²) in [6, 6.07) is 0. The molecule has 13 heavy (non-hydrogen) atoms. The summed E-state index contributed by atoms with van der Waals surface area (Å²) in [6.07, 6.45) is 5.08. The summed E-state index contributed by atoms with van der Waals surface area (Å²) in [4.78, 5) is 13.6. The Morgan fingerprint density at radius 1 is 1.62 bits per heavy atom. The van der Waals surface area contributed by atoms with Gasteiger partial charge >= 0.3 is 0 Å². The van der Waals surface area contributed by atoms with Crippen LogP contribution in [0.3, 0.4) is 0 Å². The van der Waals surface area contributed by atoms with Gasteiger partial charge in [0, 0.05) is 18.2 Å². The van der Waals surface area contributed by atoms with Crippen LogP contribution in [0.1, 0.15) is 13.8 Å². The lowest BCUT2D eigenvalue weighted by Crippen LogP contribution is -1.99. The van der Waals surface area contributed by atoms with Crippen molar-refractivity contribution in [3.05, 3.63) is 33.4 Å². The molecule has 72 valence electrons. The van der Waals surface area contributed by atoms with Gasteiger partial charge in [-0.05, 0) is 31.1 Å². The monoisotopic (exact) mass is 182 g/mol. The summed E-state index contributed by atoms with van der Waals surface area (Å²) in [5.41, 5.74) is 1.80. The minimum Gasteiger partial charge on any atom is -0.296 e. The van der Waals surface area contributed by atoms with E-state index < -0.39 is 0 Å². The fourth-order valence-electron chi connectivity index (χ4n) is 0.794. The van der Waals surface area contributed by atoms with Crippen LogP contribution >= 0.6 is 0 Å². The van der Waals surface area contributed by atoms with Crippen molar-refractivity contribution >= 4 is 6.21 Å². The topological polar surface area (TPSA) is 55.5 Å². The molecule has 0 aliphatic carbocycles. The SMILES string of the molecule is C/C=C(C)/C(/C=N\C)=C/C[N+](=O)[O-]. The van der Waals surface area contributed by atoms with Crippen LogP contribution in [-0.2, 0) is 0 Å². The van der Waals surface area contributed by atoms with E-state index in [0.717, 1.165) is 11.1 Å². The Morgan fingerprint density at radius 3 is 2.62 bits per heavy atom. The van der Waals surface area contributed by atoms with Gasteiger partial charge in [-0.1, -0.05) is 6.08 Å². The molecule has 0 fully saturated rings. The highest BCUT2D eigenvalue weighted by Gasteiger charge is 1.98. The fraction of sp³-hybridized carbons (Fsp3) is 0.444. The van der Waals surface area contributed by atoms with E-state index in [4.69, 9.17) is 0 Å². The summed E-state index contributed by atoms with van der Waals surface area (Å²) in [5.74, 6) is 0. The number of hydrogen-bond donors (Lipinski definition) is 0. The lowest BCUT2D eigenvalue weighted by atomic mass is 10.1. The second kappa shape index (κ2) is 6.11. The van der Waals surface area contributed by atoms with Crippen LogP contribution in [-0.4, -0.2) is 24.7 Å². The minimum absolute atomic E-state index is 0.160. The van der Waals surface area contributed by atoms with Gasteiger partial charge in [0.2, 0.25) is 6.54 Å². The lowest BCUT2D eigenvalue weighted by Gasteiger charge is -1.98. The second-order valence-corrected chi connectivity index (χ2v) is 2.53. The van der Waals surface area contributed by atoms with Crippen LogP contribution in [0, 0.1) is 10.1 Å². The van der Waals surface area contributed by atoms with Crippen molar-refractivity contribution in [3.63, 3.8) is 0 Å². The number of hydrogen-bond acceptors (Lipinski definition) is 3. The molecule has 0 atom stereocenters. The normalized spacial score (nSPS) is 13.8. The van der Waals surface area contributed by atoms with Crippen LogP contribution in [0.15, 0.2) is 28.3 Å². The first kappa shape index (κ1) is 11.6. The van der Waals surface area contributed by atoms with E-state index in [1.165, 1.54) is 0 Å². The van der Waals surface area contributed by atoms with Crippen molar-refractivity contribution < 1.29 is 4.92 Å². The van der Waals surface area contributed by atoms with Gasteiger partial charge in [-0.2, -0.15) is 0 Å². The predicted octanol–water partition coefficient (Wildman–Crippen LogP) is 1.86. The molecule has 0 bridgehead atoms. The van der Waals surface area contributed by atoms with Crippen LogP contribution in [0.25, 0.3) is 0 Å². The molecule has 4 nitrogen and oxygen atoms in total. The molecule has 0 aliphatic heterocycles. The van der Waals surface area contributed by atoms with Crippen molar-refractivity contribution in [1.82, 2.24) is 0 Å². The third-order valence-corrected chi connectivity index (χ3v) is 1.62. The summed E-state index contributed by atoms with van der Waals surface area (Å²) >= 11 is 0. The highest BCUT2D eigenvalue weighted by Crippen LogP contribution is 2.05. The molecule has 0 rings (SSSR count). The predicted molar refractivity (Wildman–Crippen MR) is 53.8 cm³/mol. The van der Waals surface area contributed by atoms with Crippen molar-refractivity contribution in [1.29, 1.82) is 0 Å². The van der Waals surface area contributed by atoms with Gasteiger partial charge in [0.15, 0.2) is 0 Å². The largest absolute Gasteiger partial charge is 0.296 e. The summed E-state index contributed by atoms with van der Waals surface area (Å²) < 4.78 is 0. The van der Waals surface area contributed by atoms with E-state index in [-0.39, 0.29) is 11.5 Å². The number of aliphatic imine (C=N–C) groups is 1. The van der Waals surface area contributed by atoms with E-state index >= 15 is 0 Å². The van der Waals surface area contributed by atoms with E-state index in [1.54, 1.807) is 19.3 Å². The molecule has 0 heterocycles. The van der Waals surface area contributed by atoms with Gasteiger partial charge in [-0.15, -0.1) is 0 Å². The summed E-state index contributed by atoms with van der Waals surface area (Å²) in [6.45, 7) is 3.62. The molecular formula is C9H14N2O2. The molecule has 0 unspecified atom stereocenters. The Balaban J connectivity index is 4.60. The van der Waals surface area contributed by atoms with Gasteiger partial charge in [-0.25, -0.2) is 0 Å². The maximum Gasteiger partial charge on any atom is 0.223 e. The first-order valence-electron chi connectivity index (χ1n) is 3.99. The summed E-state index contributed by atoms with van der Waals surface area (Å²) in [7, 11) is 1.64. The Kier molecular flexibility index (Phi) is 5.43. The van der Waals surface area contributed by atoms with Crippen LogP contribution in [0.4, 0.5) is 0 Å². The molecule has 0 aliphatic rings. The van der Waals surface area contributed by atoms with E-state index in [2.05, 4.69) is 4.99 Å². The molecule has 0 spiro atoms. The van der Waals surface area contributed by atoms with E-state index in [9.17, 15) is 10.1 Å². The van der Waals surface area contributed by atoms with Crippen LogP contribution in [0.5, 0.6) is 0 Å². The quantitative estimate of drug-likeness (QED) is 0.288. The van der Waals surface area contributed by atoms with Crippen molar-refractivity contribution in [2.24, 2.45) is 4.99 Å². The zero-order valence-electron chi connectivity index (χ0n) is 8.15. The average Bonchev–Trinajstić information content (AvgIpc) is 2.10. The number of rotatable bonds is 4. The van der Waals surface area contributed by atoms with Gasteiger partial charge in [0.05, 0.1) is 0 Å². The van der Waals surface area contributed by atoms with Crippen molar-refractivity contribution in [3.8, 4) is 0 Å². The molecule has 0 aromatic rings. The molecule has 0 N–H and O–H groups in total. The smallest absolute Gasteiger partial charge is 0.223 e. The Hall–Kier alpha value is -1.45. The molecular weight excluding hydrogens is 168 g/mol. The molecule has 4 heteroatoms. The Bertz CT molecular complexity index is 265. The lowest BCUT2D eigenvalue weighted by molar-refractivity contribution is -0.468. The second-order valence-electron chi connectivity index (χ2n) is 2.53. The van der Waals surface area contributed by atoms with Gasteiger partial charge < -0.3 is 0 Å². The highest BCUT2D eigenvalue weighted by atomic mass is 16.6. The third kappa shape index (κ3) is 4.90. The number of nitro groups is 1. The summed E-state index contributed by atoms with van der Waals surface area (Å²) in [5, 5.41) is 10.1. The first-order valence-corrected chi connectivity index (χ1v) is 3.99. The number of allylic oxidation sites excluding steroid dienone is 3. The van der Waals surface area contributed by atoms with E-state index in [1.807, 2.05) is 19.9 Å². The van der Waals surface area contributed by atoms with Gasteiger partial charge in [-0.3, -0.25) is 15.1 Å². The maximum absolute atomic E-state index is 10.1. The molecule has 0 aromatic carbocycles. The van der Waals surface area contributed by atoms with Gasteiger partial charge in [0.25, 0.3) is 0 Å². The van der Waals surface area contributed by atoms with Crippen molar-refractivity contribution in [2.45, 2.75) is 13.8 Å². The van der Waals surface area contributed by atoms with Gasteiger partial charge in [0.1, 0.15) is 0 Å². The molecule has 0 radical (unpaired) electrons. The average molecular weight is 182 g/mol. The molecule has 0 saturated carbocycles. The van der Waals surface area contributed by atoms with E-state index in [0.29, 0.717) is 0 Å².